The van der Waals surface area contributed by atoms with Gasteiger partial charge in [-0.1, -0.05) is 11.6 Å². The Morgan fingerprint density at radius 2 is 1.76 bits per heavy atom. The van der Waals surface area contributed by atoms with Crippen molar-refractivity contribution in [3.05, 3.63) is 85.2 Å². The highest BCUT2D eigenvalue weighted by Gasteiger charge is 2.35. The number of methoxy groups -OCH3 is 1. The summed E-state index contributed by atoms with van der Waals surface area (Å²) >= 11 is 5.97. The van der Waals surface area contributed by atoms with Gasteiger partial charge in [0, 0.05) is 30.8 Å². The van der Waals surface area contributed by atoms with Crippen LogP contribution in [0.4, 0.5) is 22.0 Å². The normalized spacial score (nSPS) is 12.2. The molecule has 0 aliphatic heterocycles. The van der Waals surface area contributed by atoms with Gasteiger partial charge in [-0.3, -0.25) is 9.36 Å². The average Bonchev–Trinajstić information content (AvgIpc) is 2.81. The molecule has 0 radical (unpaired) electrons. The van der Waals surface area contributed by atoms with Crippen LogP contribution in [-0.2, 0) is 29.4 Å². The monoisotopic (exact) mass is 548 g/mol. The quantitative estimate of drug-likeness (QED) is 0.328. The van der Waals surface area contributed by atoms with E-state index in [1.54, 1.807) is 0 Å². The van der Waals surface area contributed by atoms with Gasteiger partial charge in [0.2, 0.25) is 0 Å². The Kier molecular flexibility index (Phi) is 7.96. The maximum absolute atomic E-state index is 14.6. The van der Waals surface area contributed by atoms with Crippen molar-refractivity contribution in [2.45, 2.75) is 25.8 Å². The molecule has 14 heteroatoms. The van der Waals surface area contributed by atoms with Crippen LogP contribution in [0.15, 0.2) is 46.0 Å². The number of halogens is 6. The topological polar surface area (TPSA) is 88.8 Å². The van der Waals surface area contributed by atoms with Crippen molar-refractivity contribution in [1.82, 2.24) is 9.13 Å². The second-order valence-electron chi connectivity index (χ2n) is 7.60. The van der Waals surface area contributed by atoms with E-state index in [1.165, 1.54) is 26.2 Å². The summed E-state index contributed by atoms with van der Waals surface area (Å²) < 4.78 is 84.0. The highest BCUT2D eigenvalue weighted by Crippen LogP contribution is 2.31. The Morgan fingerprint density at radius 3 is 2.35 bits per heavy atom. The van der Waals surface area contributed by atoms with Crippen LogP contribution in [0.2, 0.25) is 5.02 Å². The molecule has 0 N–H and O–H groups in total. The van der Waals surface area contributed by atoms with Crippen LogP contribution in [0.1, 0.15) is 18.2 Å². The first kappa shape index (κ1) is 27.7. The van der Waals surface area contributed by atoms with Crippen LogP contribution in [-0.4, -0.2) is 28.3 Å². The third-order valence-electron chi connectivity index (χ3n) is 5.11. The van der Waals surface area contributed by atoms with Gasteiger partial charge in [-0.05, 0) is 25.1 Å². The molecule has 0 fully saturated rings. The molecule has 1 unspecified atom stereocenters. The van der Waals surface area contributed by atoms with E-state index in [9.17, 15) is 36.3 Å². The van der Waals surface area contributed by atoms with Gasteiger partial charge in [0.15, 0.2) is 6.10 Å². The number of alkyl halides is 3. The SMILES string of the molecule is COC(=O)C(C)Oc1ccc(COc2cc(-n3c(=O)cc(C(F)(F)F)n(C)c3=O)c(F)cc2Cl)c(F)c1. The van der Waals surface area contributed by atoms with E-state index < -0.39 is 59.1 Å². The van der Waals surface area contributed by atoms with E-state index in [2.05, 4.69) is 4.74 Å². The van der Waals surface area contributed by atoms with Gasteiger partial charge in [-0.15, -0.1) is 0 Å². The van der Waals surface area contributed by atoms with E-state index in [4.69, 9.17) is 21.1 Å². The van der Waals surface area contributed by atoms with E-state index in [1.807, 2.05) is 0 Å². The molecule has 0 bridgehead atoms. The lowest BCUT2D eigenvalue weighted by Crippen LogP contribution is -2.41. The molecule has 0 spiro atoms. The highest BCUT2D eigenvalue weighted by molar-refractivity contribution is 6.32. The standard InChI is InChI=1S/C23H18ClF5N2O6/c1-11(21(33)35-3)37-13-5-4-12(15(25)6-13)10-36-18-8-17(16(26)7-14(18)24)31-20(32)9-19(23(27,28)29)30(2)22(31)34/h4-9,11H,10H2,1-3H3. The van der Waals surface area contributed by atoms with Gasteiger partial charge in [0.05, 0.1) is 17.8 Å². The van der Waals surface area contributed by atoms with Crippen LogP contribution in [0.3, 0.4) is 0 Å². The molecule has 3 rings (SSSR count). The second kappa shape index (κ2) is 10.6. The van der Waals surface area contributed by atoms with Crippen molar-refractivity contribution in [3.63, 3.8) is 0 Å². The fourth-order valence-corrected chi connectivity index (χ4v) is 3.42. The predicted octanol–water partition coefficient (Wildman–Crippen LogP) is 4.01. The van der Waals surface area contributed by atoms with Crippen molar-refractivity contribution < 1.29 is 41.0 Å². The van der Waals surface area contributed by atoms with E-state index in [0.29, 0.717) is 6.07 Å². The number of nitrogens with zero attached hydrogens (tertiary/aromatic N) is 2. The molecule has 8 nitrogen and oxygen atoms in total. The van der Waals surface area contributed by atoms with Crippen LogP contribution in [0, 0.1) is 11.6 Å². The number of rotatable bonds is 7. The number of aromatic nitrogens is 2. The van der Waals surface area contributed by atoms with E-state index in [-0.39, 0.29) is 37.3 Å². The number of benzene rings is 2. The summed E-state index contributed by atoms with van der Waals surface area (Å²) in [6, 6.07) is 5.29. The van der Waals surface area contributed by atoms with Crippen LogP contribution in [0.25, 0.3) is 5.69 Å². The lowest BCUT2D eigenvalue weighted by molar-refractivity contribution is -0.148. The van der Waals surface area contributed by atoms with Gasteiger partial charge >= 0.3 is 17.8 Å². The third kappa shape index (κ3) is 5.93. The molecule has 198 valence electrons. The lowest BCUT2D eigenvalue weighted by atomic mass is 10.2. The number of carbonyl (C=O) groups excluding carboxylic acids is 1. The Labute approximate surface area is 210 Å². The summed E-state index contributed by atoms with van der Waals surface area (Å²) in [5.74, 6) is -2.91. The molecular weight excluding hydrogens is 531 g/mol. The van der Waals surface area contributed by atoms with Crippen molar-refractivity contribution in [1.29, 1.82) is 0 Å². The zero-order valence-electron chi connectivity index (χ0n) is 19.4. The summed E-state index contributed by atoms with van der Waals surface area (Å²) in [5, 5.41) is -0.315. The fraction of sp³-hybridized carbons (Fsp3) is 0.261. The first-order chi connectivity index (χ1) is 17.2. The molecule has 0 aliphatic carbocycles. The van der Waals surface area contributed by atoms with Crippen LogP contribution in [0.5, 0.6) is 11.5 Å². The second-order valence-corrected chi connectivity index (χ2v) is 8.01. The molecule has 1 aromatic heterocycles. The molecule has 0 amide bonds. The first-order valence-corrected chi connectivity index (χ1v) is 10.7. The Balaban J connectivity index is 1.91. The smallest absolute Gasteiger partial charge is 0.431 e. The number of hydrogen-bond donors (Lipinski definition) is 0. The summed E-state index contributed by atoms with van der Waals surface area (Å²) in [4.78, 5) is 36.3. The number of ether oxygens (including phenoxy) is 3. The zero-order valence-corrected chi connectivity index (χ0v) is 20.1. The minimum absolute atomic E-state index is 0.0115. The first-order valence-electron chi connectivity index (χ1n) is 10.3. The van der Waals surface area contributed by atoms with Crippen molar-refractivity contribution in [2.24, 2.45) is 7.05 Å². The molecule has 0 saturated heterocycles. The molecule has 1 atom stereocenters. The largest absolute Gasteiger partial charge is 0.487 e. The van der Waals surface area contributed by atoms with Crippen molar-refractivity contribution in [2.75, 3.05) is 7.11 Å². The van der Waals surface area contributed by atoms with Gasteiger partial charge in [0.1, 0.15) is 35.4 Å². The Morgan fingerprint density at radius 1 is 1.08 bits per heavy atom. The molecule has 3 aromatic rings. The van der Waals surface area contributed by atoms with Crippen LogP contribution < -0.4 is 20.7 Å². The molecule has 37 heavy (non-hydrogen) atoms. The van der Waals surface area contributed by atoms with Crippen LogP contribution >= 0.6 is 11.6 Å². The predicted molar refractivity (Wildman–Crippen MR) is 120 cm³/mol. The van der Waals surface area contributed by atoms with Crippen molar-refractivity contribution >= 4 is 17.6 Å². The van der Waals surface area contributed by atoms with Gasteiger partial charge in [-0.25, -0.2) is 22.9 Å². The molecular formula is C23H18ClF5N2O6. The summed E-state index contributed by atoms with van der Waals surface area (Å²) in [6.07, 6.45) is -6.00. The van der Waals surface area contributed by atoms with Crippen molar-refractivity contribution in [3.8, 4) is 17.2 Å². The minimum atomic E-state index is -5.00. The Bertz CT molecular complexity index is 1470. The van der Waals surface area contributed by atoms with Gasteiger partial charge < -0.3 is 14.2 Å². The average molecular weight is 549 g/mol. The maximum atomic E-state index is 14.6. The maximum Gasteiger partial charge on any atom is 0.431 e. The number of carbonyl (C=O) groups is 1. The molecule has 0 saturated carbocycles. The number of esters is 1. The third-order valence-corrected chi connectivity index (χ3v) is 5.40. The van der Waals surface area contributed by atoms with Gasteiger partial charge in [0.25, 0.3) is 5.56 Å². The molecule has 1 heterocycles. The highest BCUT2D eigenvalue weighted by atomic mass is 35.5. The summed E-state index contributed by atoms with van der Waals surface area (Å²) in [6.45, 7) is 0.952. The lowest BCUT2D eigenvalue weighted by Gasteiger charge is -2.16. The number of hydrogen-bond acceptors (Lipinski definition) is 6. The zero-order chi connectivity index (χ0) is 27.7. The molecule has 0 aliphatic rings. The summed E-state index contributed by atoms with van der Waals surface area (Å²) in [5.41, 5.74) is -5.16. The van der Waals surface area contributed by atoms with E-state index >= 15 is 0 Å². The van der Waals surface area contributed by atoms with E-state index in [0.717, 1.165) is 19.2 Å². The van der Waals surface area contributed by atoms with Gasteiger partial charge in [-0.2, -0.15) is 13.2 Å². The molecule has 2 aromatic carbocycles. The Hall–Kier alpha value is -3.87. The minimum Gasteiger partial charge on any atom is -0.487 e. The summed E-state index contributed by atoms with van der Waals surface area (Å²) in [7, 11) is 1.94. The fourth-order valence-electron chi connectivity index (χ4n) is 3.21.